The van der Waals surface area contributed by atoms with Crippen LogP contribution in [0.1, 0.15) is 16.8 Å². The van der Waals surface area contributed by atoms with E-state index in [0.717, 1.165) is 11.4 Å². The smallest absolute Gasteiger partial charge is 0.245 e. The van der Waals surface area contributed by atoms with E-state index in [1.54, 1.807) is 12.4 Å². The third-order valence-corrected chi connectivity index (χ3v) is 3.58. The summed E-state index contributed by atoms with van der Waals surface area (Å²) in [4.78, 5) is 8.68. The van der Waals surface area contributed by atoms with Gasteiger partial charge in [-0.1, -0.05) is 18.2 Å². The number of pyridine rings is 1. The molecule has 2 aromatic heterocycles. The minimum atomic E-state index is 0.464. The van der Waals surface area contributed by atoms with Gasteiger partial charge in [-0.3, -0.25) is 4.98 Å². The average Bonchev–Trinajstić information content (AvgIpc) is 2.59. The van der Waals surface area contributed by atoms with Gasteiger partial charge < -0.3 is 10.6 Å². The van der Waals surface area contributed by atoms with Crippen molar-refractivity contribution in [3.8, 4) is 0 Å². The van der Waals surface area contributed by atoms with Gasteiger partial charge in [-0.05, 0) is 43.2 Å². The molecule has 2 N–H and O–H groups in total. The number of anilines is 3. The van der Waals surface area contributed by atoms with Crippen LogP contribution in [0.3, 0.4) is 0 Å². The molecule has 0 radical (unpaired) electrons. The summed E-state index contributed by atoms with van der Waals surface area (Å²) >= 11 is 0. The van der Waals surface area contributed by atoms with Gasteiger partial charge in [-0.2, -0.15) is 10.1 Å². The topological polar surface area (TPSA) is 75.6 Å². The average molecular weight is 306 g/mol. The Morgan fingerprint density at radius 2 is 1.96 bits per heavy atom. The molecule has 0 bridgehead atoms. The van der Waals surface area contributed by atoms with Gasteiger partial charge in [0.05, 0.1) is 18.4 Å². The standard InChI is InChI=1S/C17H18N6/c1-12-6-5-8-15(13(12)2)21-16-11-20-23-17(22-16)19-10-14-7-3-4-9-18-14/h3-9,11H,10H2,1-2H3,(H2,19,21,22,23). The van der Waals surface area contributed by atoms with Crippen LogP contribution in [0.5, 0.6) is 0 Å². The molecule has 0 aliphatic heterocycles. The first-order valence-corrected chi connectivity index (χ1v) is 7.39. The van der Waals surface area contributed by atoms with Crippen molar-refractivity contribution in [1.29, 1.82) is 0 Å². The van der Waals surface area contributed by atoms with E-state index >= 15 is 0 Å². The van der Waals surface area contributed by atoms with Crippen LogP contribution in [0, 0.1) is 13.8 Å². The third kappa shape index (κ3) is 3.79. The molecule has 0 atom stereocenters. The summed E-state index contributed by atoms with van der Waals surface area (Å²) in [5, 5.41) is 14.4. The van der Waals surface area contributed by atoms with Gasteiger partial charge in [0.25, 0.3) is 0 Å². The van der Waals surface area contributed by atoms with Gasteiger partial charge >= 0.3 is 0 Å². The first-order chi connectivity index (χ1) is 11.2. The van der Waals surface area contributed by atoms with E-state index in [9.17, 15) is 0 Å². The maximum atomic E-state index is 4.43. The number of aryl methyl sites for hydroxylation is 1. The van der Waals surface area contributed by atoms with Gasteiger partial charge in [0.1, 0.15) is 0 Å². The SMILES string of the molecule is Cc1cccc(Nc2cnnc(NCc3ccccn3)n2)c1C. The number of hydrogen-bond donors (Lipinski definition) is 2. The molecule has 116 valence electrons. The quantitative estimate of drug-likeness (QED) is 0.753. The van der Waals surface area contributed by atoms with Crippen molar-refractivity contribution in [3.63, 3.8) is 0 Å². The van der Waals surface area contributed by atoms with Gasteiger partial charge in [0, 0.05) is 11.9 Å². The monoisotopic (exact) mass is 306 g/mol. The molecule has 3 rings (SSSR count). The Kier molecular flexibility index (Phi) is 4.42. The maximum Gasteiger partial charge on any atom is 0.245 e. The van der Waals surface area contributed by atoms with Crippen LogP contribution in [-0.4, -0.2) is 20.2 Å². The highest BCUT2D eigenvalue weighted by Gasteiger charge is 2.04. The Morgan fingerprint density at radius 3 is 2.78 bits per heavy atom. The Labute approximate surface area is 135 Å². The molecule has 0 fully saturated rings. The molecular formula is C17H18N6. The van der Waals surface area contributed by atoms with E-state index in [0.29, 0.717) is 18.3 Å². The molecular weight excluding hydrogens is 288 g/mol. The summed E-state index contributed by atoms with van der Waals surface area (Å²) in [6.07, 6.45) is 3.36. The van der Waals surface area contributed by atoms with Gasteiger partial charge in [0.2, 0.25) is 5.95 Å². The summed E-state index contributed by atoms with van der Waals surface area (Å²) in [5.41, 5.74) is 4.35. The molecule has 23 heavy (non-hydrogen) atoms. The van der Waals surface area contributed by atoms with Crippen molar-refractivity contribution in [2.45, 2.75) is 20.4 Å². The van der Waals surface area contributed by atoms with E-state index in [1.807, 2.05) is 30.3 Å². The Bertz CT molecular complexity index is 788. The molecule has 6 nitrogen and oxygen atoms in total. The second-order valence-corrected chi connectivity index (χ2v) is 5.21. The molecule has 0 unspecified atom stereocenters. The summed E-state index contributed by atoms with van der Waals surface area (Å²) < 4.78 is 0. The number of nitrogens with zero attached hydrogens (tertiary/aromatic N) is 4. The fourth-order valence-corrected chi connectivity index (χ4v) is 2.14. The molecule has 2 heterocycles. The minimum Gasteiger partial charge on any atom is -0.347 e. The molecule has 0 amide bonds. The highest BCUT2D eigenvalue weighted by Crippen LogP contribution is 2.21. The van der Waals surface area contributed by atoms with Crippen LogP contribution >= 0.6 is 0 Å². The van der Waals surface area contributed by atoms with Crippen molar-refractivity contribution < 1.29 is 0 Å². The van der Waals surface area contributed by atoms with Crippen LogP contribution in [0.4, 0.5) is 17.5 Å². The van der Waals surface area contributed by atoms with Gasteiger partial charge in [-0.25, -0.2) is 0 Å². The molecule has 0 saturated carbocycles. The summed E-state index contributed by atoms with van der Waals surface area (Å²) in [6, 6.07) is 11.9. The number of hydrogen-bond acceptors (Lipinski definition) is 6. The minimum absolute atomic E-state index is 0.464. The lowest BCUT2D eigenvalue weighted by Gasteiger charge is -2.11. The molecule has 1 aromatic carbocycles. The predicted molar refractivity (Wildman–Crippen MR) is 90.6 cm³/mol. The van der Waals surface area contributed by atoms with Gasteiger partial charge in [-0.15, -0.1) is 5.10 Å². The number of nitrogens with one attached hydrogen (secondary N) is 2. The van der Waals surface area contributed by atoms with Crippen LogP contribution in [-0.2, 0) is 6.54 Å². The van der Waals surface area contributed by atoms with Crippen LogP contribution in [0.15, 0.2) is 48.8 Å². The Morgan fingerprint density at radius 1 is 1.04 bits per heavy atom. The largest absolute Gasteiger partial charge is 0.347 e. The second-order valence-electron chi connectivity index (χ2n) is 5.21. The first kappa shape index (κ1) is 14.9. The molecule has 0 aliphatic rings. The fourth-order valence-electron chi connectivity index (χ4n) is 2.14. The van der Waals surface area contributed by atoms with E-state index < -0.39 is 0 Å². The van der Waals surface area contributed by atoms with Crippen molar-refractivity contribution in [3.05, 3.63) is 65.6 Å². The highest BCUT2D eigenvalue weighted by atomic mass is 15.3. The molecule has 0 spiro atoms. The molecule has 0 aliphatic carbocycles. The highest BCUT2D eigenvalue weighted by molar-refractivity contribution is 5.61. The van der Waals surface area contributed by atoms with E-state index in [-0.39, 0.29) is 0 Å². The van der Waals surface area contributed by atoms with Gasteiger partial charge in [0.15, 0.2) is 5.82 Å². The summed E-state index contributed by atoms with van der Waals surface area (Å²) in [6.45, 7) is 4.71. The lowest BCUT2D eigenvalue weighted by Crippen LogP contribution is -2.07. The second kappa shape index (κ2) is 6.83. The fraction of sp³-hybridized carbons (Fsp3) is 0.176. The van der Waals surface area contributed by atoms with Crippen LogP contribution in [0.25, 0.3) is 0 Å². The summed E-state index contributed by atoms with van der Waals surface area (Å²) in [7, 11) is 0. The Hall–Kier alpha value is -3.02. The molecule has 6 heteroatoms. The zero-order valence-corrected chi connectivity index (χ0v) is 13.1. The maximum absolute atomic E-state index is 4.43. The first-order valence-electron chi connectivity index (χ1n) is 7.39. The lowest BCUT2D eigenvalue weighted by molar-refractivity contribution is 0.934. The third-order valence-electron chi connectivity index (χ3n) is 3.58. The summed E-state index contributed by atoms with van der Waals surface area (Å²) in [5.74, 6) is 1.11. The predicted octanol–water partition coefficient (Wildman–Crippen LogP) is 3.24. The van der Waals surface area contributed by atoms with Crippen LogP contribution in [0.2, 0.25) is 0 Å². The van der Waals surface area contributed by atoms with Crippen molar-refractivity contribution in [2.24, 2.45) is 0 Å². The van der Waals surface area contributed by atoms with E-state index in [4.69, 9.17) is 0 Å². The van der Waals surface area contributed by atoms with Crippen molar-refractivity contribution in [1.82, 2.24) is 20.2 Å². The van der Waals surface area contributed by atoms with E-state index in [2.05, 4.69) is 50.7 Å². The van der Waals surface area contributed by atoms with E-state index in [1.165, 1.54) is 11.1 Å². The normalized spacial score (nSPS) is 10.3. The zero-order valence-electron chi connectivity index (χ0n) is 13.1. The number of benzene rings is 1. The van der Waals surface area contributed by atoms with Crippen molar-refractivity contribution >= 4 is 17.5 Å². The molecule has 0 saturated heterocycles. The lowest BCUT2D eigenvalue weighted by atomic mass is 10.1. The Balaban J connectivity index is 1.71. The number of rotatable bonds is 5. The zero-order chi connectivity index (χ0) is 16.1. The molecule has 3 aromatic rings. The van der Waals surface area contributed by atoms with Crippen molar-refractivity contribution in [2.75, 3.05) is 10.6 Å². The van der Waals surface area contributed by atoms with Crippen LogP contribution < -0.4 is 10.6 Å². The number of aromatic nitrogens is 4.